The van der Waals surface area contributed by atoms with Gasteiger partial charge in [-0.1, -0.05) is 19.3 Å². The minimum Gasteiger partial charge on any atom is -0.340 e. The van der Waals surface area contributed by atoms with Crippen LogP contribution < -0.4 is 0 Å². The molecule has 1 atom stereocenters. The molecule has 0 aromatic carbocycles. The molecule has 136 valence electrons. The maximum atomic E-state index is 12.8. The van der Waals surface area contributed by atoms with Gasteiger partial charge in [-0.3, -0.25) is 14.5 Å². The van der Waals surface area contributed by atoms with Crippen molar-refractivity contribution < 1.29 is 9.59 Å². The Labute approximate surface area is 146 Å². The van der Waals surface area contributed by atoms with Crippen molar-refractivity contribution in [1.82, 2.24) is 14.7 Å². The van der Waals surface area contributed by atoms with E-state index in [-0.39, 0.29) is 11.8 Å². The average molecular weight is 335 g/mol. The molecule has 2 amide bonds. The molecule has 3 fully saturated rings. The van der Waals surface area contributed by atoms with Gasteiger partial charge in [0, 0.05) is 32.1 Å². The number of likely N-dealkylation sites (tertiary alicyclic amines) is 3. The Morgan fingerprint density at radius 3 is 2.42 bits per heavy atom. The lowest BCUT2D eigenvalue weighted by Crippen LogP contribution is -2.48. The summed E-state index contributed by atoms with van der Waals surface area (Å²) in [6.07, 6.45) is 11.1. The van der Waals surface area contributed by atoms with Gasteiger partial charge in [0.1, 0.15) is 0 Å². The highest BCUT2D eigenvalue weighted by atomic mass is 16.2. The number of carbonyl (C=O) groups excluding carboxylic acids is 2. The topological polar surface area (TPSA) is 43.9 Å². The first-order valence-corrected chi connectivity index (χ1v) is 10.0. The van der Waals surface area contributed by atoms with Crippen LogP contribution >= 0.6 is 0 Å². The maximum absolute atomic E-state index is 12.8. The lowest BCUT2D eigenvalue weighted by atomic mass is 10.1. The van der Waals surface area contributed by atoms with Crippen molar-refractivity contribution >= 4 is 11.8 Å². The lowest BCUT2D eigenvalue weighted by molar-refractivity contribution is -0.141. The predicted molar refractivity (Wildman–Crippen MR) is 94.7 cm³/mol. The Balaban J connectivity index is 1.56. The van der Waals surface area contributed by atoms with Crippen molar-refractivity contribution in [3.05, 3.63) is 0 Å². The summed E-state index contributed by atoms with van der Waals surface area (Å²) in [6.45, 7) is 5.17. The van der Waals surface area contributed by atoms with E-state index in [1.807, 2.05) is 9.80 Å². The highest BCUT2D eigenvalue weighted by Gasteiger charge is 2.29. The van der Waals surface area contributed by atoms with Gasteiger partial charge in [0.2, 0.25) is 11.8 Å². The molecule has 1 unspecified atom stereocenters. The van der Waals surface area contributed by atoms with Crippen molar-refractivity contribution in [3.8, 4) is 0 Å². The standard InChI is InChI=1S/C19H33N3O2/c23-18-10-3-1-2-5-13-22(18)16-19(24)21-14-6-4-9-17(15-21)20-11-7-8-12-20/h17H,1-16H2. The summed E-state index contributed by atoms with van der Waals surface area (Å²) >= 11 is 0. The van der Waals surface area contributed by atoms with Crippen molar-refractivity contribution in [3.63, 3.8) is 0 Å². The Morgan fingerprint density at radius 1 is 0.875 bits per heavy atom. The van der Waals surface area contributed by atoms with E-state index in [9.17, 15) is 9.59 Å². The van der Waals surface area contributed by atoms with Crippen LogP contribution in [0, 0.1) is 0 Å². The van der Waals surface area contributed by atoms with Crippen LogP contribution in [0.3, 0.4) is 0 Å². The third-order valence-electron chi connectivity index (χ3n) is 5.90. The van der Waals surface area contributed by atoms with Crippen molar-refractivity contribution in [2.24, 2.45) is 0 Å². The molecule has 5 heteroatoms. The highest BCUT2D eigenvalue weighted by molar-refractivity contribution is 5.85. The van der Waals surface area contributed by atoms with Crippen LogP contribution in [-0.2, 0) is 9.59 Å². The molecular formula is C19H33N3O2. The van der Waals surface area contributed by atoms with Gasteiger partial charge in [-0.15, -0.1) is 0 Å². The van der Waals surface area contributed by atoms with E-state index < -0.39 is 0 Å². The molecule has 24 heavy (non-hydrogen) atoms. The number of hydrogen-bond acceptors (Lipinski definition) is 3. The second-order valence-electron chi connectivity index (χ2n) is 7.71. The van der Waals surface area contributed by atoms with Crippen LogP contribution in [0.1, 0.15) is 64.2 Å². The molecule has 0 N–H and O–H groups in total. The van der Waals surface area contributed by atoms with Crippen molar-refractivity contribution in [2.75, 3.05) is 39.3 Å². The first-order valence-electron chi connectivity index (χ1n) is 10.0. The first kappa shape index (κ1) is 17.7. The second kappa shape index (κ2) is 8.84. The van der Waals surface area contributed by atoms with Crippen LogP contribution in [-0.4, -0.2) is 71.8 Å². The molecule has 0 aromatic rings. The van der Waals surface area contributed by atoms with Gasteiger partial charge < -0.3 is 9.80 Å². The number of amides is 2. The Kier molecular flexibility index (Phi) is 6.52. The lowest BCUT2D eigenvalue weighted by Gasteiger charge is -2.32. The Morgan fingerprint density at radius 2 is 1.58 bits per heavy atom. The fourth-order valence-electron chi connectivity index (χ4n) is 4.40. The van der Waals surface area contributed by atoms with E-state index in [2.05, 4.69) is 4.90 Å². The zero-order valence-electron chi connectivity index (χ0n) is 15.0. The molecule has 0 aliphatic carbocycles. The molecule has 0 radical (unpaired) electrons. The molecule has 0 aromatic heterocycles. The summed E-state index contributed by atoms with van der Waals surface area (Å²) in [6, 6.07) is 0.530. The summed E-state index contributed by atoms with van der Waals surface area (Å²) in [7, 11) is 0. The van der Waals surface area contributed by atoms with Gasteiger partial charge in [-0.2, -0.15) is 0 Å². The van der Waals surface area contributed by atoms with Gasteiger partial charge in [-0.25, -0.2) is 0 Å². The Hall–Kier alpha value is -1.10. The van der Waals surface area contributed by atoms with E-state index in [4.69, 9.17) is 0 Å². The molecule has 0 spiro atoms. The predicted octanol–water partition coefficient (Wildman–Crippen LogP) is 2.26. The zero-order valence-corrected chi connectivity index (χ0v) is 15.0. The van der Waals surface area contributed by atoms with Crippen LogP contribution in [0.4, 0.5) is 0 Å². The quantitative estimate of drug-likeness (QED) is 0.794. The van der Waals surface area contributed by atoms with E-state index in [1.165, 1.54) is 45.2 Å². The number of nitrogens with zero attached hydrogens (tertiary/aromatic N) is 3. The first-order chi connectivity index (χ1) is 11.7. The number of carbonyl (C=O) groups is 2. The van der Waals surface area contributed by atoms with Crippen molar-refractivity contribution in [1.29, 1.82) is 0 Å². The van der Waals surface area contributed by atoms with Crippen molar-refractivity contribution in [2.45, 2.75) is 70.3 Å². The molecule has 0 bridgehead atoms. The van der Waals surface area contributed by atoms with Gasteiger partial charge >= 0.3 is 0 Å². The SMILES string of the molecule is O=C1CCCCCCN1CC(=O)N1CCCCC(N2CCCC2)C1. The molecule has 3 heterocycles. The summed E-state index contributed by atoms with van der Waals surface area (Å²) in [5, 5.41) is 0. The van der Waals surface area contributed by atoms with E-state index in [0.717, 1.165) is 45.3 Å². The van der Waals surface area contributed by atoms with Crippen LogP contribution in [0.15, 0.2) is 0 Å². The van der Waals surface area contributed by atoms with Crippen LogP contribution in [0.5, 0.6) is 0 Å². The van der Waals surface area contributed by atoms with E-state index >= 15 is 0 Å². The second-order valence-corrected chi connectivity index (χ2v) is 7.71. The van der Waals surface area contributed by atoms with E-state index in [0.29, 0.717) is 19.0 Å². The minimum absolute atomic E-state index is 0.162. The smallest absolute Gasteiger partial charge is 0.242 e. The minimum atomic E-state index is 0.162. The highest BCUT2D eigenvalue weighted by Crippen LogP contribution is 2.21. The summed E-state index contributed by atoms with van der Waals surface area (Å²) in [5.41, 5.74) is 0. The molecule has 3 aliphatic rings. The van der Waals surface area contributed by atoms with Gasteiger partial charge in [0.15, 0.2) is 0 Å². The maximum Gasteiger partial charge on any atom is 0.242 e. The third-order valence-corrected chi connectivity index (χ3v) is 5.90. The normalized spacial score (nSPS) is 27.7. The van der Waals surface area contributed by atoms with Crippen LogP contribution in [0.2, 0.25) is 0 Å². The monoisotopic (exact) mass is 335 g/mol. The molecular weight excluding hydrogens is 302 g/mol. The molecule has 3 aliphatic heterocycles. The number of rotatable bonds is 3. The number of hydrogen-bond donors (Lipinski definition) is 0. The van der Waals surface area contributed by atoms with Gasteiger partial charge in [0.05, 0.1) is 6.54 Å². The fraction of sp³-hybridized carbons (Fsp3) is 0.895. The fourth-order valence-corrected chi connectivity index (χ4v) is 4.40. The van der Waals surface area contributed by atoms with Gasteiger partial charge in [-0.05, 0) is 51.6 Å². The van der Waals surface area contributed by atoms with Gasteiger partial charge in [0.25, 0.3) is 0 Å². The zero-order chi connectivity index (χ0) is 16.8. The summed E-state index contributed by atoms with van der Waals surface area (Å²) < 4.78 is 0. The summed E-state index contributed by atoms with van der Waals surface area (Å²) in [5.74, 6) is 0.337. The van der Waals surface area contributed by atoms with E-state index in [1.54, 1.807) is 0 Å². The Bertz CT molecular complexity index is 434. The summed E-state index contributed by atoms with van der Waals surface area (Å²) in [4.78, 5) is 31.5. The third kappa shape index (κ3) is 4.71. The molecule has 5 nitrogen and oxygen atoms in total. The van der Waals surface area contributed by atoms with Crippen LogP contribution in [0.25, 0.3) is 0 Å². The molecule has 3 rings (SSSR count). The molecule has 3 saturated heterocycles. The average Bonchev–Trinajstić information content (AvgIpc) is 2.99. The molecule has 0 saturated carbocycles. The largest absolute Gasteiger partial charge is 0.340 e.